The van der Waals surface area contributed by atoms with E-state index in [4.69, 9.17) is 9.47 Å². The maximum Gasteiger partial charge on any atom is 0.417 e. The van der Waals surface area contributed by atoms with Crippen molar-refractivity contribution in [3.05, 3.63) is 23.9 Å². The third-order valence-electron chi connectivity index (χ3n) is 3.49. The second-order valence-corrected chi connectivity index (χ2v) is 6.66. The van der Waals surface area contributed by atoms with Gasteiger partial charge in [0, 0.05) is 18.8 Å². The number of halogens is 3. The van der Waals surface area contributed by atoms with Gasteiger partial charge in [0.05, 0.1) is 11.6 Å². The van der Waals surface area contributed by atoms with Gasteiger partial charge in [0.25, 0.3) is 0 Å². The summed E-state index contributed by atoms with van der Waals surface area (Å²) in [6.07, 6.45) is -2.53. The molecule has 0 radical (unpaired) electrons. The van der Waals surface area contributed by atoms with E-state index in [-0.39, 0.29) is 18.5 Å². The zero-order chi connectivity index (χ0) is 18.0. The van der Waals surface area contributed by atoms with Gasteiger partial charge in [0.2, 0.25) is 5.88 Å². The van der Waals surface area contributed by atoms with Crippen molar-refractivity contribution < 1.29 is 27.4 Å². The van der Waals surface area contributed by atoms with Crippen LogP contribution in [0.4, 0.5) is 18.0 Å². The van der Waals surface area contributed by atoms with E-state index < -0.39 is 23.4 Å². The van der Waals surface area contributed by atoms with E-state index in [0.29, 0.717) is 6.54 Å². The number of nitrogens with zero attached hydrogens (tertiary/aromatic N) is 2. The molecule has 0 saturated carbocycles. The number of amides is 1. The summed E-state index contributed by atoms with van der Waals surface area (Å²) in [6, 6.07) is 1.92. The van der Waals surface area contributed by atoms with E-state index in [1.54, 1.807) is 25.7 Å². The first-order valence-corrected chi connectivity index (χ1v) is 7.72. The van der Waals surface area contributed by atoms with Gasteiger partial charge in [-0.05, 0) is 39.7 Å². The number of aromatic nitrogens is 1. The fourth-order valence-electron chi connectivity index (χ4n) is 2.38. The van der Waals surface area contributed by atoms with Crippen molar-refractivity contribution in [2.75, 3.05) is 13.2 Å². The minimum Gasteiger partial charge on any atom is -0.475 e. The Balaban J connectivity index is 1.92. The second-order valence-electron chi connectivity index (χ2n) is 6.66. The Hall–Kier alpha value is -1.99. The van der Waals surface area contributed by atoms with E-state index in [1.165, 1.54) is 6.07 Å². The summed E-state index contributed by atoms with van der Waals surface area (Å²) < 4.78 is 48.3. The normalized spacial score (nSPS) is 18.6. The van der Waals surface area contributed by atoms with Crippen LogP contribution in [0.25, 0.3) is 0 Å². The Kier molecular flexibility index (Phi) is 5.25. The molecule has 24 heavy (non-hydrogen) atoms. The molecule has 1 fully saturated rings. The van der Waals surface area contributed by atoms with Crippen LogP contribution in [0.15, 0.2) is 18.3 Å². The highest BCUT2D eigenvalue weighted by Crippen LogP contribution is 2.29. The lowest BCUT2D eigenvalue weighted by Gasteiger charge is -2.28. The summed E-state index contributed by atoms with van der Waals surface area (Å²) in [5.74, 6) is 0.0963. The van der Waals surface area contributed by atoms with Gasteiger partial charge in [-0.25, -0.2) is 9.78 Å². The summed E-state index contributed by atoms with van der Waals surface area (Å²) in [4.78, 5) is 17.4. The van der Waals surface area contributed by atoms with Crippen LogP contribution in [0.5, 0.6) is 5.88 Å². The molecule has 1 saturated heterocycles. The third kappa shape index (κ3) is 5.01. The molecule has 1 unspecified atom stereocenters. The Morgan fingerprint density at radius 1 is 1.33 bits per heavy atom. The lowest BCUT2D eigenvalue weighted by atomic mass is 10.2. The highest BCUT2D eigenvalue weighted by atomic mass is 19.4. The number of hydrogen-bond donors (Lipinski definition) is 0. The van der Waals surface area contributed by atoms with E-state index in [0.717, 1.165) is 25.1 Å². The van der Waals surface area contributed by atoms with E-state index in [9.17, 15) is 18.0 Å². The summed E-state index contributed by atoms with van der Waals surface area (Å²) in [6.45, 7) is 6.11. The summed E-state index contributed by atoms with van der Waals surface area (Å²) >= 11 is 0. The van der Waals surface area contributed by atoms with Crippen molar-refractivity contribution >= 4 is 6.09 Å². The van der Waals surface area contributed by atoms with Crippen LogP contribution >= 0.6 is 0 Å². The van der Waals surface area contributed by atoms with Gasteiger partial charge in [-0.3, -0.25) is 0 Å². The number of carbonyl (C=O) groups is 1. The molecule has 1 aliphatic rings. The Bertz CT molecular complexity index is 567. The molecule has 0 aliphatic carbocycles. The minimum atomic E-state index is -4.43. The quantitative estimate of drug-likeness (QED) is 0.833. The van der Waals surface area contributed by atoms with E-state index >= 15 is 0 Å². The summed E-state index contributed by atoms with van der Waals surface area (Å²) in [5, 5.41) is 0. The first-order valence-electron chi connectivity index (χ1n) is 7.72. The highest BCUT2D eigenvalue weighted by molar-refractivity contribution is 5.69. The maximum atomic E-state index is 12.5. The molecule has 2 heterocycles. The van der Waals surface area contributed by atoms with Gasteiger partial charge in [0.15, 0.2) is 0 Å². The topological polar surface area (TPSA) is 51.7 Å². The van der Waals surface area contributed by atoms with E-state index in [2.05, 4.69) is 4.98 Å². The smallest absolute Gasteiger partial charge is 0.417 e. The fraction of sp³-hybridized carbons (Fsp3) is 0.625. The van der Waals surface area contributed by atoms with Crippen LogP contribution in [-0.4, -0.2) is 40.8 Å². The summed E-state index contributed by atoms with van der Waals surface area (Å²) in [5.41, 5.74) is -1.41. The van der Waals surface area contributed by atoms with Crippen molar-refractivity contribution in [2.45, 2.75) is 51.4 Å². The molecule has 0 aromatic carbocycles. The van der Waals surface area contributed by atoms with Crippen LogP contribution in [-0.2, 0) is 10.9 Å². The van der Waals surface area contributed by atoms with Crippen LogP contribution in [0.1, 0.15) is 39.2 Å². The number of likely N-dealkylation sites (tertiary alicyclic amines) is 1. The zero-order valence-electron chi connectivity index (χ0n) is 13.9. The van der Waals surface area contributed by atoms with Gasteiger partial charge >= 0.3 is 12.3 Å². The number of hydrogen-bond acceptors (Lipinski definition) is 4. The number of alkyl halides is 3. The standard InChI is InChI=1S/C16H21F3N2O3/c1-15(2,3)24-14(22)21-8-4-5-12(21)10-23-13-7-6-11(9-20-13)16(17,18)19/h6-7,9,12H,4-5,8,10H2,1-3H3. The second kappa shape index (κ2) is 6.86. The number of ether oxygens (including phenoxy) is 2. The molecule has 1 atom stereocenters. The predicted octanol–water partition coefficient (Wildman–Crippen LogP) is 3.88. The molecule has 0 N–H and O–H groups in total. The predicted molar refractivity (Wildman–Crippen MR) is 80.7 cm³/mol. The molecule has 8 heteroatoms. The molecule has 1 aliphatic heterocycles. The van der Waals surface area contributed by atoms with Crippen molar-refractivity contribution in [3.8, 4) is 5.88 Å². The zero-order valence-corrected chi connectivity index (χ0v) is 13.9. The average Bonchev–Trinajstić information content (AvgIpc) is 2.91. The monoisotopic (exact) mass is 346 g/mol. The van der Waals surface area contributed by atoms with Gasteiger partial charge in [-0.2, -0.15) is 13.2 Å². The third-order valence-corrected chi connectivity index (χ3v) is 3.49. The Morgan fingerprint density at radius 2 is 2.04 bits per heavy atom. The Labute approximate surface area is 138 Å². The molecular weight excluding hydrogens is 325 g/mol. The molecule has 2 rings (SSSR count). The number of carbonyl (C=O) groups excluding carboxylic acids is 1. The minimum absolute atomic E-state index is 0.0963. The average molecular weight is 346 g/mol. The molecule has 1 aromatic rings. The van der Waals surface area contributed by atoms with Gasteiger partial charge in [-0.1, -0.05) is 0 Å². The van der Waals surface area contributed by atoms with Crippen LogP contribution in [0, 0.1) is 0 Å². The molecular formula is C16H21F3N2O3. The largest absolute Gasteiger partial charge is 0.475 e. The SMILES string of the molecule is CC(C)(C)OC(=O)N1CCCC1COc1ccc(C(F)(F)F)cn1. The Morgan fingerprint density at radius 3 is 2.58 bits per heavy atom. The molecule has 1 amide bonds. The van der Waals surface area contributed by atoms with Crippen molar-refractivity contribution in [1.82, 2.24) is 9.88 Å². The highest BCUT2D eigenvalue weighted by Gasteiger charge is 2.33. The molecule has 0 bridgehead atoms. The molecule has 134 valence electrons. The molecule has 5 nitrogen and oxygen atoms in total. The number of rotatable bonds is 3. The maximum absolute atomic E-state index is 12.5. The van der Waals surface area contributed by atoms with Gasteiger partial charge < -0.3 is 14.4 Å². The summed E-state index contributed by atoms with van der Waals surface area (Å²) in [7, 11) is 0. The molecule has 0 spiro atoms. The lowest BCUT2D eigenvalue weighted by molar-refractivity contribution is -0.137. The van der Waals surface area contributed by atoms with Crippen LogP contribution in [0.2, 0.25) is 0 Å². The first kappa shape index (κ1) is 18.4. The van der Waals surface area contributed by atoms with Crippen molar-refractivity contribution in [1.29, 1.82) is 0 Å². The first-order chi connectivity index (χ1) is 11.1. The van der Waals surface area contributed by atoms with E-state index in [1.807, 2.05) is 0 Å². The number of pyridine rings is 1. The molecule has 1 aromatic heterocycles. The lowest BCUT2D eigenvalue weighted by Crippen LogP contribution is -2.42. The van der Waals surface area contributed by atoms with Gasteiger partial charge in [0.1, 0.15) is 12.2 Å². The van der Waals surface area contributed by atoms with Crippen molar-refractivity contribution in [2.24, 2.45) is 0 Å². The fourth-order valence-corrected chi connectivity index (χ4v) is 2.38. The van der Waals surface area contributed by atoms with Crippen LogP contribution in [0.3, 0.4) is 0 Å². The van der Waals surface area contributed by atoms with Gasteiger partial charge in [-0.15, -0.1) is 0 Å². The van der Waals surface area contributed by atoms with Crippen molar-refractivity contribution in [3.63, 3.8) is 0 Å². The van der Waals surface area contributed by atoms with Crippen LogP contribution < -0.4 is 4.74 Å².